The van der Waals surface area contributed by atoms with Crippen LogP contribution in [0.1, 0.15) is 123 Å². The van der Waals surface area contributed by atoms with Gasteiger partial charge in [0, 0.05) is 5.54 Å². The highest BCUT2D eigenvalue weighted by Gasteiger charge is 2.52. The highest BCUT2D eigenvalue weighted by atomic mass is 15.6. The molecular formula is C30H47N5. The van der Waals surface area contributed by atoms with Crippen LogP contribution in [0.5, 0.6) is 0 Å². The molecule has 1 N–H and O–H groups in total. The molecule has 35 heavy (non-hydrogen) atoms. The number of nitrogens with one attached hydrogen (secondary N) is 1. The van der Waals surface area contributed by atoms with E-state index in [1.54, 1.807) is 0 Å². The van der Waals surface area contributed by atoms with Crippen molar-refractivity contribution in [1.29, 1.82) is 0 Å². The molecule has 1 heterocycles. The maximum atomic E-state index is 4.70. The molecular weight excluding hydrogens is 430 g/mol. The highest BCUT2D eigenvalue weighted by molar-refractivity contribution is 5.32. The second-order valence-electron chi connectivity index (χ2n) is 15.1. The lowest BCUT2D eigenvalue weighted by molar-refractivity contribution is -0.0243. The zero-order chi connectivity index (χ0) is 25.2. The summed E-state index contributed by atoms with van der Waals surface area (Å²) in [6, 6.07) is 9.23. The zero-order valence-corrected chi connectivity index (χ0v) is 23.4. The Balaban J connectivity index is 1.54. The highest BCUT2D eigenvalue weighted by Crippen LogP contribution is 2.56. The summed E-state index contributed by atoms with van der Waals surface area (Å²) in [5, 5.41) is 17.8. The summed E-state index contributed by atoms with van der Waals surface area (Å²) in [6.45, 7) is 18.3. The molecule has 4 aliphatic carbocycles. The van der Waals surface area contributed by atoms with Crippen molar-refractivity contribution in [3.63, 3.8) is 0 Å². The van der Waals surface area contributed by atoms with Crippen LogP contribution in [0, 0.1) is 23.2 Å². The van der Waals surface area contributed by atoms with Crippen molar-refractivity contribution in [1.82, 2.24) is 25.5 Å². The number of tetrazole rings is 1. The summed E-state index contributed by atoms with van der Waals surface area (Å²) < 4.78 is 2.12. The van der Waals surface area contributed by atoms with Gasteiger partial charge in [-0.3, -0.25) is 5.32 Å². The molecule has 4 saturated carbocycles. The SMILES string of the molecule is CC(C)(C)CC(C)(C)n1nnnc1C(NC12CC3CC(CC(C3)C1)C2)c1ccc(C(C)(C)C)cc1. The van der Waals surface area contributed by atoms with Crippen LogP contribution >= 0.6 is 0 Å². The van der Waals surface area contributed by atoms with Gasteiger partial charge < -0.3 is 0 Å². The minimum atomic E-state index is -0.177. The molecule has 1 aromatic carbocycles. The van der Waals surface area contributed by atoms with Gasteiger partial charge in [-0.05, 0) is 109 Å². The number of aromatic nitrogens is 4. The molecule has 1 unspecified atom stereocenters. The summed E-state index contributed by atoms with van der Waals surface area (Å²) in [5.41, 5.74) is 3.00. The van der Waals surface area contributed by atoms with Crippen molar-refractivity contribution in [2.45, 2.75) is 123 Å². The Kier molecular flexibility index (Phi) is 5.98. The maximum absolute atomic E-state index is 4.70. The predicted molar refractivity (Wildman–Crippen MR) is 142 cm³/mol. The average Bonchev–Trinajstić information content (AvgIpc) is 3.20. The fourth-order valence-corrected chi connectivity index (χ4v) is 8.24. The van der Waals surface area contributed by atoms with Crippen LogP contribution < -0.4 is 5.32 Å². The standard InChI is InChI=1S/C30H47N5/c1-27(2,3)19-29(7,8)35-26(32-33-34-35)25(23-9-11-24(12-10-23)28(4,5)6)31-30-16-20-13-21(17-30)15-22(14-20)18-30/h9-12,20-22,25,31H,13-19H2,1-8H3. The smallest absolute Gasteiger partial charge is 0.173 e. The van der Waals surface area contributed by atoms with Gasteiger partial charge in [0.05, 0.1) is 11.6 Å². The molecule has 0 radical (unpaired) electrons. The topological polar surface area (TPSA) is 55.6 Å². The van der Waals surface area contributed by atoms with E-state index in [-0.39, 0.29) is 27.9 Å². The molecule has 0 aliphatic heterocycles. The van der Waals surface area contributed by atoms with Crippen molar-refractivity contribution in [2.24, 2.45) is 23.2 Å². The third-order valence-electron chi connectivity index (χ3n) is 8.89. The summed E-state index contributed by atoms with van der Waals surface area (Å²) in [7, 11) is 0. The lowest BCUT2D eigenvalue weighted by atomic mass is 9.53. The van der Waals surface area contributed by atoms with E-state index in [2.05, 4.69) is 100 Å². The molecule has 192 valence electrons. The summed E-state index contributed by atoms with van der Waals surface area (Å²) in [4.78, 5) is 0. The Labute approximate surface area is 212 Å². The van der Waals surface area contributed by atoms with Gasteiger partial charge in [-0.2, -0.15) is 0 Å². The Morgan fingerprint density at radius 3 is 1.91 bits per heavy atom. The number of hydrogen-bond donors (Lipinski definition) is 1. The Bertz CT molecular complexity index is 999. The second-order valence-corrected chi connectivity index (χ2v) is 15.1. The van der Waals surface area contributed by atoms with E-state index in [0.717, 1.165) is 30.0 Å². The Morgan fingerprint density at radius 1 is 0.886 bits per heavy atom. The first-order chi connectivity index (χ1) is 16.2. The van der Waals surface area contributed by atoms with E-state index in [9.17, 15) is 0 Å². The molecule has 5 nitrogen and oxygen atoms in total. The summed E-state index contributed by atoms with van der Waals surface area (Å²) in [6.07, 6.45) is 9.27. The monoisotopic (exact) mass is 477 g/mol. The maximum Gasteiger partial charge on any atom is 0.173 e. The fraction of sp³-hybridized carbons (Fsp3) is 0.767. The molecule has 6 rings (SSSR count). The van der Waals surface area contributed by atoms with Gasteiger partial charge in [0.25, 0.3) is 0 Å². The molecule has 2 aromatic rings. The van der Waals surface area contributed by atoms with Crippen LogP contribution in [0.4, 0.5) is 0 Å². The molecule has 1 atom stereocenters. The third kappa shape index (κ3) is 5.08. The first kappa shape index (κ1) is 24.9. The van der Waals surface area contributed by atoms with E-state index in [0.29, 0.717) is 0 Å². The summed E-state index contributed by atoms with van der Waals surface area (Å²) >= 11 is 0. The van der Waals surface area contributed by atoms with Crippen molar-refractivity contribution in [2.75, 3.05) is 0 Å². The van der Waals surface area contributed by atoms with Gasteiger partial charge in [-0.15, -0.1) is 5.10 Å². The molecule has 4 bridgehead atoms. The molecule has 0 amide bonds. The number of nitrogens with zero attached hydrogens (tertiary/aromatic N) is 4. The van der Waals surface area contributed by atoms with Crippen LogP contribution in [-0.4, -0.2) is 25.7 Å². The molecule has 0 spiro atoms. The minimum absolute atomic E-state index is 0.00508. The van der Waals surface area contributed by atoms with Crippen molar-refractivity contribution < 1.29 is 0 Å². The van der Waals surface area contributed by atoms with Gasteiger partial charge in [0.1, 0.15) is 0 Å². The Morgan fingerprint density at radius 2 is 1.43 bits per heavy atom. The lowest BCUT2D eigenvalue weighted by Crippen LogP contribution is -2.59. The lowest BCUT2D eigenvalue weighted by Gasteiger charge is -2.58. The second kappa shape index (κ2) is 8.39. The van der Waals surface area contributed by atoms with Crippen LogP contribution in [0.3, 0.4) is 0 Å². The van der Waals surface area contributed by atoms with Gasteiger partial charge in [-0.25, -0.2) is 4.68 Å². The van der Waals surface area contributed by atoms with Crippen molar-refractivity contribution >= 4 is 0 Å². The number of hydrogen-bond acceptors (Lipinski definition) is 4. The largest absolute Gasteiger partial charge is 0.298 e. The molecule has 0 saturated heterocycles. The fourth-order valence-electron chi connectivity index (χ4n) is 8.24. The van der Waals surface area contributed by atoms with Crippen LogP contribution in [0.2, 0.25) is 0 Å². The molecule has 1 aromatic heterocycles. The Hall–Kier alpha value is -1.75. The van der Waals surface area contributed by atoms with Gasteiger partial charge in [-0.1, -0.05) is 65.8 Å². The van der Waals surface area contributed by atoms with Gasteiger partial charge in [0.2, 0.25) is 0 Å². The van der Waals surface area contributed by atoms with E-state index in [1.807, 2.05) is 0 Å². The van der Waals surface area contributed by atoms with Crippen molar-refractivity contribution in [3.05, 3.63) is 41.2 Å². The molecule has 5 heteroatoms. The first-order valence-corrected chi connectivity index (χ1v) is 13.9. The summed E-state index contributed by atoms with van der Waals surface area (Å²) in [5.74, 6) is 3.64. The van der Waals surface area contributed by atoms with Crippen LogP contribution in [-0.2, 0) is 11.0 Å². The molecule has 4 fully saturated rings. The first-order valence-electron chi connectivity index (χ1n) is 13.9. The molecule has 4 aliphatic rings. The average molecular weight is 478 g/mol. The zero-order valence-electron chi connectivity index (χ0n) is 23.4. The van der Waals surface area contributed by atoms with E-state index in [4.69, 9.17) is 5.10 Å². The normalized spacial score (nSPS) is 29.5. The van der Waals surface area contributed by atoms with E-state index < -0.39 is 0 Å². The quantitative estimate of drug-likeness (QED) is 0.498. The third-order valence-corrected chi connectivity index (χ3v) is 8.89. The number of benzene rings is 1. The van der Waals surface area contributed by atoms with E-state index in [1.165, 1.54) is 49.7 Å². The van der Waals surface area contributed by atoms with Gasteiger partial charge >= 0.3 is 0 Å². The van der Waals surface area contributed by atoms with Crippen LogP contribution in [0.15, 0.2) is 24.3 Å². The van der Waals surface area contributed by atoms with Crippen molar-refractivity contribution in [3.8, 4) is 0 Å². The van der Waals surface area contributed by atoms with Gasteiger partial charge in [0.15, 0.2) is 5.82 Å². The van der Waals surface area contributed by atoms with Crippen LogP contribution in [0.25, 0.3) is 0 Å². The minimum Gasteiger partial charge on any atom is -0.298 e. The number of rotatable bonds is 6. The predicted octanol–water partition coefficient (Wildman–Crippen LogP) is 6.79. The van der Waals surface area contributed by atoms with E-state index >= 15 is 0 Å².